The topological polar surface area (TPSA) is 80.9 Å². The fourth-order valence-electron chi connectivity index (χ4n) is 2.60. The average Bonchev–Trinajstić information content (AvgIpc) is 3.39. The summed E-state index contributed by atoms with van der Waals surface area (Å²) >= 11 is 0. The second kappa shape index (κ2) is 6.47. The van der Waals surface area contributed by atoms with Crippen LogP contribution in [0.25, 0.3) is 11.4 Å². The van der Waals surface area contributed by atoms with Crippen molar-refractivity contribution < 1.29 is 9.32 Å². The normalized spacial score (nSPS) is 14.9. The SMILES string of the molecule is C[C@H](C(=O)Nc1ccccc1)c1nc(-c2ccnc(C3CC3)c2)no1. The van der Waals surface area contributed by atoms with Gasteiger partial charge < -0.3 is 9.84 Å². The van der Waals surface area contributed by atoms with Crippen LogP contribution in [0, 0.1) is 0 Å². The predicted molar refractivity (Wildman–Crippen MR) is 93.0 cm³/mol. The number of anilines is 1. The minimum Gasteiger partial charge on any atom is -0.338 e. The van der Waals surface area contributed by atoms with E-state index in [1.807, 2.05) is 42.5 Å². The van der Waals surface area contributed by atoms with E-state index < -0.39 is 5.92 Å². The van der Waals surface area contributed by atoms with Gasteiger partial charge >= 0.3 is 0 Å². The quantitative estimate of drug-likeness (QED) is 0.768. The Bertz CT molecular complexity index is 887. The van der Waals surface area contributed by atoms with Crippen molar-refractivity contribution in [2.45, 2.75) is 31.6 Å². The molecule has 1 amide bonds. The average molecular weight is 334 g/mol. The van der Waals surface area contributed by atoms with Crippen molar-refractivity contribution >= 4 is 11.6 Å². The second-order valence-electron chi connectivity index (χ2n) is 6.28. The lowest BCUT2D eigenvalue weighted by Crippen LogP contribution is -2.19. The first-order chi connectivity index (χ1) is 12.2. The van der Waals surface area contributed by atoms with Gasteiger partial charge in [-0.05, 0) is 44.0 Å². The van der Waals surface area contributed by atoms with Gasteiger partial charge in [-0.2, -0.15) is 4.98 Å². The Kier molecular flexibility index (Phi) is 4.01. The van der Waals surface area contributed by atoms with E-state index in [1.54, 1.807) is 13.1 Å². The molecule has 0 radical (unpaired) electrons. The highest BCUT2D eigenvalue weighted by Gasteiger charge is 2.26. The number of hydrogen-bond acceptors (Lipinski definition) is 5. The number of hydrogen-bond donors (Lipinski definition) is 1. The number of para-hydroxylation sites is 1. The zero-order valence-electron chi connectivity index (χ0n) is 13.8. The highest BCUT2D eigenvalue weighted by molar-refractivity contribution is 5.94. The maximum absolute atomic E-state index is 12.4. The van der Waals surface area contributed by atoms with Crippen LogP contribution in [-0.2, 0) is 4.79 Å². The summed E-state index contributed by atoms with van der Waals surface area (Å²) in [6.45, 7) is 1.75. The van der Waals surface area contributed by atoms with Crippen molar-refractivity contribution in [3.63, 3.8) is 0 Å². The Balaban J connectivity index is 1.50. The molecule has 4 rings (SSSR count). The van der Waals surface area contributed by atoms with Gasteiger partial charge in [-0.25, -0.2) is 0 Å². The van der Waals surface area contributed by atoms with Gasteiger partial charge in [0.1, 0.15) is 5.92 Å². The molecule has 0 aliphatic heterocycles. The molecule has 1 saturated carbocycles. The molecule has 1 aromatic carbocycles. The molecule has 25 heavy (non-hydrogen) atoms. The van der Waals surface area contributed by atoms with Crippen molar-refractivity contribution in [2.24, 2.45) is 0 Å². The fraction of sp³-hybridized carbons (Fsp3) is 0.263. The molecular weight excluding hydrogens is 316 g/mol. The minimum absolute atomic E-state index is 0.185. The lowest BCUT2D eigenvalue weighted by atomic mass is 10.1. The number of amides is 1. The largest absolute Gasteiger partial charge is 0.338 e. The third kappa shape index (κ3) is 3.42. The van der Waals surface area contributed by atoms with Crippen LogP contribution in [0.3, 0.4) is 0 Å². The van der Waals surface area contributed by atoms with Crippen LogP contribution in [-0.4, -0.2) is 21.0 Å². The molecule has 1 aliphatic rings. The van der Waals surface area contributed by atoms with Gasteiger partial charge in [-0.15, -0.1) is 0 Å². The summed E-state index contributed by atoms with van der Waals surface area (Å²) in [6.07, 6.45) is 4.14. The Morgan fingerprint density at radius 1 is 1.24 bits per heavy atom. The van der Waals surface area contributed by atoms with E-state index in [9.17, 15) is 4.79 Å². The highest BCUT2D eigenvalue weighted by Crippen LogP contribution is 2.39. The van der Waals surface area contributed by atoms with Crippen LogP contribution in [0.2, 0.25) is 0 Å². The number of nitrogens with zero attached hydrogens (tertiary/aromatic N) is 3. The summed E-state index contributed by atoms with van der Waals surface area (Å²) in [5, 5.41) is 6.87. The number of carbonyl (C=O) groups excluding carboxylic acids is 1. The van der Waals surface area contributed by atoms with Gasteiger partial charge in [-0.3, -0.25) is 9.78 Å². The molecule has 2 heterocycles. The van der Waals surface area contributed by atoms with E-state index in [-0.39, 0.29) is 5.91 Å². The Morgan fingerprint density at radius 2 is 2.04 bits per heavy atom. The van der Waals surface area contributed by atoms with Crippen molar-refractivity contribution in [2.75, 3.05) is 5.32 Å². The van der Waals surface area contributed by atoms with E-state index >= 15 is 0 Å². The maximum Gasteiger partial charge on any atom is 0.239 e. The van der Waals surface area contributed by atoms with Gasteiger partial charge in [0.25, 0.3) is 0 Å². The number of pyridine rings is 1. The summed E-state index contributed by atoms with van der Waals surface area (Å²) < 4.78 is 5.31. The zero-order chi connectivity index (χ0) is 17.2. The molecular formula is C19H18N4O2. The van der Waals surface area contributed by atoms with Gasteiger partial charge in [-0.1, -0.05) is 23.4 Å². The van der Waals surface area contributed by atoms with E-state index in [2.05, 4.69) is 20.4 Å². The monoisotopic (exact) mass is 334 g/mol. The molecule has 3 aromatic rings. The summed E-state index contributed by atoms with van der Waals surface area (Å²) in [4.78, 5) is 21.2. The maximum atomic E-state index is 12.4. The second-order valence-corrected chi connectivity index (χ2v) is 6.28. The van der Waals surface area contributed by atoms with Crippen molar-refractivity contribution in [3.05, 3.63) is 60.2 Å². The molecule has 0 bridgehead atoms. The highest BCUT2D eigenvalue weighted by atomic mass is 16.5. The molecule has 0 saturated heterocycles. The van der Waals surface area contributed by atoms with E-state index in [1.165, 1.54) is 12.8 Å². The van der Waals surface area contributed by atoms with E-state index in [0.717, 1.165) is 16.9 Å². The zero-order valence-corrected chi connectivity index (χ0v) is 13.8. The van der Waals surface area contributed by atoms with Crippen LogP contribution in [0.5, 0.6) is 0 Å². The van der Waals surface area contributed by atoms with Gasteiger partial charge in [0.15, 0.2) is 0 Å². The number of rotatable bonds is 5. The summed E-state index contributed by atoms with van der Waals surface area (Å²) in [7, 11) is 0. The molecule has 1 atom stereocenters. The molecule has 0 unspecified atom stereocenters. The fourth-order valence-corrected chi connectivity index (χ4v) is 2.60. The Morgan fingerprint density at radius 3 is 2.80 bits per heavy atom. The first kappa shape index (κ1) is 15.5. The smallest absolute Gasteiger partial charge is 0.239 e. The lowest BCUT2D eigenvalue weighted by molar-refractivity contribution is -0.117. The van der Waals surface area contributed by atoms with Crippen LogP contribution in [0.15, 0.2) is 53.2 Å². The molecule has 0 spiro atoms. The van der Waals surface area contributed by atoms with Gasteiger partial charge in [0.2, 0.25) is 17.6 Å². The Labute approximate surface area is 145 Å². The molecule has 6 nitrogen and oxygen atoms in total. The summed E-state index contributed by atoms with van der Waals surface area (Å²) in [5.74, 6) is 0.620. The predicted octanol–water partition coefficient (Wildman–Crippen LogP) is 3.75. The third-order valence-electron chi connectivity index (χ3n) is 4.28. The van der Waals surface area contributed by atoms with Gasteiger partial charge in [0.05, 0.1) is 0 Å². The molecule has 126 valence electrons. The van der Waals surface area contributed by atoms with Crippen LogP contribution < -0.4 is 5.32 Å². The Hall–Kier alpha value is -3.02. The molecule has 1 N–H and O–H groups in total. The number of benzene rings is 1. The molecule has 1 aliphatic carbocycles. The summed E-state index contributed by atoms with van der Waals surface area (Å²) in [6, 6.07) is 13.2. The van der Waals surface area contributed by atoms with E-state index in [4.69, 9.17) is 4.52 Å². The van der Waals surface area contributed by atoms with Crippen LogP contribution in [0.1, 0.15) is 43.2 Å². The molecule has 2 aromatic heterocycles. The van der Waals surface area contributed by atoms with E-state index in [0.29, 0.717) is 17.6 Å². The minimum atomic E-state index is -0.536. The van der Waals surface area contributed by atoms with Crippen molar-refractivity contribution in [1.82, 2.24) is 15.1 Å². The van der Waals surface area contributed by atoms with Gasteiger partial charge in [0, 0.05) is 29.1 Å². The standard InChI is InChI=1S/C19H18N4O2/c1-12(18(24)21-15-5-3-2-4-6-15)19-22-17(23-25-19)14-9-10-20-16(11-14)13-7-8-13/h2-6,9-13H,7-8H2,1H3,(H,21,24)/t12-/m1/s1. The molecule has 6 heteroatoms. The first-order valence-corrected chi connectivity index (χ1v) is 8.36. The van der Waals surface area contributed by atoms with Crippen molar-refractivity contribution in [3.8, 4) is 11.4 Å². The van der Waals surface area contributed by atoms with Crippen LogP contribution >= 0.6 is 0 Å². The first-order valence-electron chi connectivity index (χ1n) is 8.36. The summed E-state index contributed by atoms with van der Waals surface area (Å²) in [5.41, 5.74) is 2.67. The number of carbonyl (C=O) groups is 1. The number of aromatic nitrogens is 3. The van der Waals surface area contributed by atoms with Crippen LogP contribution in [0.4, 0.5) is 5.69 Å². The molecule has 1 fully saturated rings. The number of nitrogens with one attached hydrogen (secondary N) is 1. The van der Waals surface area contributed by atoms with Crippen molar-refractivity contribution in [1.29, 1.82) is 0 Å². The third-order valence-corrected chi connectivity index (χ3v) is 4.28. The lowest BCUT2D eigenvalue weighted by Gasteiger charge is -2.08.